The van der Waals surface area contributed by atoms with Gasteiger partial charge in [0.1, 0.15) is 0 Å². The summed E-state index contributed by atoms with van der Waals surface area (Å²) >= 11 is 0. The SMILES string of the molecule is O=C(O)C1CCC(C(=O)NCCC(=O)N2CCOCC2)C1. The third-order valence-electron chi connectivity index (χ3n) is 4.15. The maximum atomic E-state index is 11.9. The van der Waals surface area contributed by atoms with Crippen molar-refractivity contribution in [2.24, 2.45) is 11.8 Å². The van der Waals surface area contributed by atoms with Crippen LogP contribution in [-0.2, 0) is 19.1 Å². The van der Waals surface area contributed by atoms with Crippen LogP contribution in [0.2, 0.25) is 0 Å². The van der Waals surface area contributed by atoms with Crippen LogP contribution in [0.3, 0.4) is 0 Å². The first-order valence-corrected chi connectivity index (χ1v) is 7.44. The van der Waals surface area contributed by atoms with E-state index in [-0.39, 0.29) is 24.2 Å². The normalized spacial score (nSPS) is 25.6. The zero-order valence-electron chi connectivity index (χ0n) is 12.0. The van der Waals surface area contributed by atoms with Gasteiger partial charge in [-0.05, 0) is 19.3 Å². The van der Waals surface area contributed by atoms with Gasteiger partial charge in [-0.1, -0.05) is 0 Å². The number of rotatable bonds is 5. The lowest BCUT2D eigenvalue weighted by molar-refractivity contribution is -0.141. The number of carboxylic acid groups (broad SMARTS) is 1. The van der Waals surface area contributed by atoms with Crippen LogP contribution in [0.15, 0.2) is 0 Å². The molecule has 0 bridgehead atoms. The molecule has 0 aromatic carbocycles. The number of ether oxygens (including phenoxy) is 1. The van der Waals surface area contributed by atoms with Crippen LogP contribution in [0.25, 0.3) is 0 Å². The van der Waals surface area contributed by atoms with E-state index in [1.807, 2.05) is 0 Å². The largest absolute Gasteiger partial charge is 0.481 e. The fourth-order valence-electron chi connectivity index (χ4n) is 2.85. The highest BCUT2D eigenvalue weighted by molar-refractivity contribution is 5.82. The van der Waals surface area contributed by atoms with Gasteiger partial charge in [0.15, 0.2) is 0 Å². The number of carbonyl (C=O) groups is 3. The second-order valence-corrected chi connectivity index (χ2v) is 5.58. The summed E-state index contributed by atoms with van der Waals surface area (Å²) in [5, 5.41) is 11.7. The maximum Gasteiger partial charge on any atom is 0.306 e. The highest BCUT2D eigenvalue weighted by atomic mass is 16.5. The Morgan fingerprint density at radius 1 is 1.14 bits per heavy atom. The van der Waals surface area contributed by atoms with Crippen molar-refractivity contribution in [2.75, 3.05) is 32.8 Å². The lowest BCUT2D eigenvalue weighted by Crippen LogP contribution is -2.42. The fourth-order valence-corrected chi connectivity index (χ4v) is 2.85. The van der Waals surface area contributed by atoms with Gasteiger partial charge in [-0.25, -0.2) is 0 Å². The van der Waals surface area contributed by atoms with E-state index in [4.69, 9.17) is 9.84 Å². The van der Waals surface area contributed by atoms with Gasteiger partial charge >= 0.3 is 5.97 Å². The Morgan fingerprint density at radius 2 is 1.81 bits per heavy atom. The molecular formula is C14H22N2O5. The zero-order valence-corrected chi connectivity index (χ0v) is 12.0. The van der Waals surface area contributed by atoms with Crippen LogP contribution in [0, 0.1) is 11.8 Å². The van der Waals surface area contributed by atoms with E-state index in [1.165, 1.54) is 0 Å². The molecule has 0 aromatic heterocycles. The number of morpholine rings is 1. The van der Waals surface area contributed by atoms with E-state index in [9.17, 15) is 14.4 Å². The summed E-state index contributed by atoms with van der Waals surface area (Å²) < 4.78 is 5.18. The number of carboxylic acids is 1. The van der Waals surface area contributed by atoms with Crippen molar-refractivity contribution >= 4 is 17.8 Å². The summed E-state index contributed by atoms with van der Waals surface area (Å²) in [6.45, 7) is 2.65. The lowest BCUT2D eigenvalue weighted by Gasteiger charge is -2.26. The average molecular weight is 298 g/mol. The number of hydrogen-bond donors (Lipinski definition) is 2. The van der Waals surface area contributed by atoms with Crippen molar-refractivity contribution < 1.29 is 24.2 Å². The minimum absolute atomic E-state index is 0.0217. The summed E-state index contributed by atoms with van der Waals surface area (Å²) in [6, 6.07) is 0. The molecule has 7 nitrogen and oxygen atoms in total. The molecule has 118 valence electrons. The minimum atomic E-state index is -0.826. The quantitative estimate of drug-likeness (QED) is 0.736. The van der Waals surface area contributed by atoms with Crippen LogP contribution in [0.5, 0.6) is 0 Å². The number of aliphatic carboxylic acids is 1. The van der Waals surface area contributed by atoms with Crippen molar-refractivity contribution in [1.82, 2.24) is 10.2 Å². The Labute approximate surface area is 123 Å². The minimum Gasteiger partial charge on any atom is -0.481 e. The van der Waals surface area contributed by atoms with Gasteiger partial charge in [-0.2, -0.15) is 0 Å². The Morgan fingerprint density at radius 3 is 2.43 bits per heavy atom. The van der Waals surface area contributed by atoms with E-state index >= 15 is 0 Å². The first-order chi connectivity index (χ1) is 10.1. The molecule has 2 fully saturated rings. The van der Waals surface area contributed by atoms with Gasteiger partial charge in [-0.15, -0.1) is 0 Å². The van der Waals surface area contributed by atoms with Crippen molar-refractivity contribution in [3.63, 3.8) is 0 Å². The molecule has 2 aliphatic rings. The number of carbonyl (C=O) groups excluding carboxylic acids is 2. The molecule has 2 atom stereocenters. The lowest BCUT2D eigenvalue weighted by atomic mass is 10.0. The molecule has 21 heavy (non-hydrogen) atoms. The van der Waals surface area contributed by atoms with Crippen LogP contribution in [-0.4, -0.2) is 60.6 Å². The predicted octanol–water partition coefficient (Wildman–Crippen LogP) is -0.148. The van der Waals surface area contributed by atoms with E-state index in [1.54, 1.807) is 4.90 Å². The number of amides is 2. The molecule has 1 saturated carbocycles. The number of hydrogen-bond acceptors (Lipinski definition) is 4. The van der Waals surface area contributed by atoms with Crippen LogP contribution in [0.1, 0.15) is 25.7 Å². The molecule has 0 radical (unpaired) electrons. The number of nitrogens with zero attached hydrogens (tertiary/aromatic N) is 1. The standard InChI is InChI=1S/C14H22N2O5/c17-12(16-5-7-21-8-6-16)3-4-15-13(18)10-1-2-11(9-10)14(19)20/h10-11H,1-9H2,(H,15,18)(H,19,20). The van der Waals surface area contributed by atoms with Crippen molar-refractivity contribution in [2.45, 2.75) is 25.7 Å². The van der Waals surface area contributed by atoms with E-state index < -0.39 is 11.9 Å². The van der Waals surface area contributed by atoms with Gasteiger partial charge in [0, 0.05) is 32.0 Å². The summed E-state index contributed by atoms with van der Waals surface area (Å²) in [5.41, 5.74) is 0. The van der Waals surface area contributed by atoms with Crippen molar-refractivity contribution in [1.29, 1.82) is 0 Å². The molecule has 2 rings (SSSR count). The second kappa shape index (κ2) is 7.40. The molecule has 1 heterocycles. The van der Waals surface area contributed by atoms with E-state index in [0.717, 1.165) is 0 Å². The summed E-state index contributed by atoms with van der Waals surface area (Å²) in [4.78, 5) is 36.4. The van der Waals surface area contributed by atoms with Crippen LogP contribution < -0.4 is 5.32 Å². The molecule has 2 amide bonds. The number of nitrogens with one attached hydrogen (secondary N) is 1. The first kappa shape index (κ1) is 15.8. The average Bonchev–Trinajstić information content (AvgIpc) is 2.98. The first-order valence-electron chi connectivity index (χ1n) is 7.44. The topological polar surface area (TPSA) is 95.9 Å². The predicted molar refractivity (Wildman–Crippen MR) is 73.5 cm³/mol. The van der Waals surface area contributed by atoms with Crippen molar-refractivity contribution in [3.8, 4) is 0 Å². The molecule has 2 unspecified atom stereocenters. The van der Waals surface area contributed by atoms with Crippen molar-refractivity contribution in [3.05, 3.63) is 0 Å². The Kier molecular flexibility index (Phi) is 5.55. The molecular weight excluding hydrogens is 276 g/mol. The molecule has 1 aliphatic carbocycles. The highest BCUT2D eigenvalue weighted by Crippen LogP contribution is 2.31. The molecule has 0 aromatic rings. The van der Waals surface area contributed by atoms with Gasteiger partial charge in [0.2, 0.25) is 11.8 Å². The Hall–Kier alpha value is -1.63. The van der Waals surface area contributed by atoms with Crippen LogP contribution in [0.4, 0.5) is 0 Å². The molecule has 1 aliphatic heterocycles. The zero-order chi connectivity index (χ0) is 15.2. The smallest absolute Gasteiger partial charge is 0.306 e. The maximum absolute atomic E-state index is 11.9. The van der Waals surface area contributed by atoms with E-state index in [2.05, 4.69) is 5.32 Å². The van der Waals surface area contributed by atoms with Crippen LogP contribution >= 0.6 is 0 Å². The van der Waals surface area contributed by atoms with E-state index in [0.29, 0.717) is 52.1 Å². The van der Waals surface area contributed by atoms with Gasteiger partial charge in [0.05, 0.1) is 19.1 Å². The van der Waals surface area contributed by atoms with Gasteiger partial charge in [-0.3, -0.25) is 14.4 Å². The molecule has 1 saturated heterocycles. The molecule has 7 heteroatoms. The van der Waals surface area contributed by atoms with Gasteiger partial charge in [0.25, 0.3) is 0 Å². The summed E-state index contributed by atoms with van der Waals surface area (Å²) in [5.74, 6) is -1.57. The van der Waals surface area contributed by atoms with Gasteiger partial charge < -0.3 is 20.1 Å². The summed E-state index contributed by atoms with van der Waals surface area (Å²) in [6.07, 6.45) is 1.85. The highest BCUT2D eigenvalue weighted by Gasteiger charge is 2.33. The fraction of sp³-hybridized carbons (Fsp3) is 0.786. The molecule has 0 spiro atoms. The third kappa shape index (κ3) is 4.42. The Balaban J connectivity index is 1.65. The molecule has 2 N–H and O–H groups in total. The second-order valence-electron chi connectivity index (χ2n) is 5.58. The third-order valence-corrected chi connectivity index (χ3v) is 4.15. The summed E-state index contributed by atoms with van der Waals surface area (Å²) in [7, 11) is 0. The monoisotopic (exact) mass is 298 g/mol. The Bertz CT molecular complexity index is 406.